The summed E-state index contributed by atoms with van der Waals surface area (Å²) in [4.78, 5) is 16.7. The van der Waals surface area contributed by atoms with Crippen molar-refractivity contribution in [2.75, 3.05) is 13.2 Å². The van der Waals surface area contributed by atoms with Gasteiger partial charge in [-0.05, 0) is 37.8 Å². The highest BCUT2D eigenvalue weighted by Gasteiger charge is 2.40. The van der Waals surface area contributed by atoms with Crippen LogP contribution in [-0.2, 0) is 11.2 Å². The first-order chi connectivity index (χ1) is 12.2. The Morgan fingerprint density at radius 1 is 1.36 bits per heavy atom. The number of imidazole rings is 1. The summed E-state index contributed by atoms with van der Waals surface area (Å²) >= 11 is 0. The summed E-state index contributed by atoms with van der Waals surface area (Å²) in [6.07, 6.45) is 11.4. The first-order valence-electron chi connectivity index (χ1n) is 9.33. The number of hydrogen-bond acceptors (Lipinski definition) is 3. The highest BCUT2D eigenvalue weighted by molar-refractivity contribution is 5.74. The van der Waals surface area contributed by atoms with Crippen LogP contribution in [0.3, 0.4) is 0 Å². The van der Waals surface area contributed by atoms with E-state index in [4.69, 9.17) is 4.74 Å². The number of aromatic nitrogens is 2. The van der Waals surface area contributed by atoms with Gasteiger partial charge in [0.15, 0.2) is 0 Å². The van der Waals surface area contributed by atoms with E-state index >= 15 is 0 Å². The molecule has 2 fully saturated rings. The third-order valence-corrected chi connectivity index (χ3v) is 5.42. The minimum Gasteiger partial charge on any atom is -0.375 e. The molecule has 0 bridgehead atoms. The second kappa shape index (κ2) is 7.04. The molecule has 0 unspecified atom stereocenters. The number of urea groups is 1. The lowest BCUT2D eigenvalue weighted by molar-refractivity contribution is -0.0820. The summed E-state index contributed by atoms with van der Waals surface area (Å²) < 4.78 is 8.02. The van der Waals surface area contributed by atoms with Crippen LogP contribution >= 0.6 is 0 Å². The number of hydrogen-bond donors (Lipinski definition) is 2. The van der Waals surface area contributed by atoms with Crippen molar-refractivity contribution in [2.45, 2.75) is 56.6 Å². The van der Waals surface area contributed by atoms with Gasteiger partial charge >= 0.3 is 6.03 Å². The fraction of sp³-hybridized carbons (Fsp3) is 0.579. The van der Waals surface area contributed by atoms with Crippen LogP contribution in [0.5, 0.6) is 0 Å². The largest absolute Gasteiger partial charge is 0.375 e. The minimum atomic E-state index is -0.0798. The number of amides is 2. The second-order valence-corrected chi connectivity index (χ2v) is 7.28. The lowest BCUT2D eigenvalue weighted by Crippen LogP contribution is -2.50. The molecule has 1 spiro atoms. The molecule has 6 nitrogen and oxygen atoms in total. The molecular formula is C19H26N4O2. The molecule has 6 heteroatoms. The Morgan fingerprint density at radius 3 is 3.08 bits per heavy atom. The van der Waals surface area contributed by atoms with Crippen molar-refractivity contribution >= 4 is 11.7 Å². The van der Waals surface area contributed by atoms with Gasteiger partial charge in [0.2, 0.25) is 0 Å². The topological polar surface area (TPSA) is 67.7 Å². The summed E-state index contributed by atoms with van der Waals surface area (Å²) in [6, 6.07) is 6.08. The second-order valence-electron chi connectivity index (χ2n) is 7.28. The molecule has 2 amide bonds. The van der Waals surface area contributed by atoms with E-state index in [2.05, 4.69) is 15.6 Å². The van der Waals surface area contributed by atoms with Crippen LogP contribution in [0.25, 0.3) is 5.65 Å². The quantitative estimate of drug-likeness (QED) is 0.898. The molecule has 2 aliphatic rings. The van der Waals surface area contributed by atoms with E-state index in [-0.39, 0.29) is 17.7 Å². The van der Waals surface area contributed by atoms with E-state index in [1.807, 2.05) is 35.0 Å². The molecule has 134 valence electrons. The van der Waals surface area contributed by atoms with Gasteiger partial charge in [0, 0.05) is 38.0 Å². The van der Waals surface area contributed by atoms with E-state index in [1.165, 1.54) is 12.8 Å². The maximum absolute atomic E-state index is 12.2. The summed E-state index contributed by atoms with van der Waals surface area (Å²) in [7, 11) is 0. The molecule has 1 aliphatic heterocycles. The molecule has 25 heavy (non-hydrogen) atoms. The van der Waals surface area contributed by atoms with Crippen molar-refractivity contribution in [2.24, 2.45) is 0 Å². The molecule has 3 heterocycles. The summed E-state index contributed by atoms with van der Waals surface area (Å²) in [5.41, 5.74) is 1.96. The zero-order valence-corrected chi connectivity index (χ0v) is 14.5. The van der Waals surface area contributed by atoms with Crippen molar-refractivity contribution in [3.8, 4) is 0 Å². The number of carbonyl (C=O) groups is 1. The molecule has 2 N–H and O–H groups in total. The van der Waals surface area contributed by atoms with E-state index in [0.717, 1.165) is 50.1 Å². The normalized spacial score (nSPS) is 22.3. The van der Waals surface area contributed by atoms with Gasteiger partial charge in [-0.1, -0.05) is 18.9 Å². The number of carbonyl (C=O) groups excluding carboxylic acids is 1. The Kier molecular flexibility index (Phi) is 4.61. The van der Waals surface area contributed by atoms with Crippen molar-refractivity contribution in [1.82, 2.24) is 20.0 Å². The highest BCUT2D eigenvalue weighted by Crippen LogP contribution is 2.39. The van der Waals surface area contributed by atoms with Gasteiger partial charge < -0.3 is 19.8 Å². The van der Waals surface area contributed by atoms with Crippen LogP contribution in [0.2, 0.25) is 0 Å². The lowest BCUT2D eigenvalue weighted by atomic mass is 9.89. The third kappa shape index (κ3) is 3.79. The van der Waals surface area contributed by atoms with Gasteiger partial charge in [0.05, 0.1) is 11.3 Å². The van der Waals surface area contributed by atoms with E-state index in [1.54, 1.807) is 0 Å². The number of fused-ring (bicyclic) bond motifs is 1. The van der Waals surface area contributed by atoms with Crippen molar-refractivity contribution < 1.29 is 9.53 Å². The van der Waals surface area contributed by atoms with Crippen LogP contribution in [0.15, 0.2) is 30.6 Å². The summed E-state index contributed by atoms with van der Waals surface area (Å²) in [5.74, 6) is 0. The van der Waals surface area contributed by atoms with Crippen LogP contribution in [-0.4, -0.2) is 40.2 Å². The highest BCUT2D eigenvalue weighted by atomic mass is 16.5. The SMILES string of the molecule is O=C(NCCc1cn2ccccc2n1)N[C@H]1CCOC2(CCCC2)C1. The average molecular weight is 342 g/mol. The van der Waals surface area contributed by atoms with E-state index < -0.39 is 0 Å². The maximum atomic E-state index is 12.2. The molecule has 1 saturated carbocycles. The zero-order chi connectivity index (χ0) is 17.1. The Balaban J connectivity index is 1.23. The number of ether oxygens (including phenoxy) is 1. The molecule has 0 radical (unpaired) electrons. The Hall–Kier alpha value is -2.08. The van der Waals surface area contributed by atoms with Crippen LogP contribution in [0.1, 0.15) is 44.2 Å². The summed E-state index contributed by atoms with van der Waals surface area (Å²) in [5, 5.41) is 6.09. The number of nitrogens with one attached hydrogen (secondary N) is 2. The zero-order valence-electron chi connectivity index (χ0n) is 14.5. The summed E-state index contributed by atoms with van der Waals surface area (Å²) in [6.45, 7) is 1.34. The fourth-order valence-corrected chi connectivity index (χ4v) is 4.17. The average Bonchev–Trinajstić information content (AvgIpc) is 3.21. The third-order valence-electron chi connectivity index (χ3n) is 5.42. The van der Waals surface area contributed by atoms with Crippen molar-refractivity contribution in [1.29, 1.82) is 0 Å². The van der Waals surface area contributed by atoms with Gasteiger partial charge in [-0.15, -0.1) is 0 Å². The molecule has 1 atom stereocenters. The van der Waals surface area contributed by atoms with Gasteiger partial charge in [0.25, 0.3) is 0 Å². The molecular weight excluding hydrogens is 316 g/mol. The van der Waals surface area contributed by atoms with E-state index in [9.17, 15) is 4.79 Å². The van der Waals surface area contributed by atoms with Crippen LogP contribution in [0.4, 0.5) is 4.79 Å². The predicted octanol–water partition coefficient (Wildman–Crippen LogP) is 2.67. The van der Waals surface area contributed by atoms with Gasteiger partial charge in [0.1, 0.15) is 5.65 Å². The Bertz CT molecular complexity index is 703. The van der Waals surface area contributed by atoms with Crippen LogP contribution < -0.4 is 10.6 Å². The van der Waals surface area contributed by atoms with Gasteiger partial charge in [-0.2, -0.15) is 0 Å². The standard InChI is InChI=1S/C19H26N4O2/c24-18(22-15-7-12-25-19(13-15)8-2-3-9-19)20-10-6-16-14-23-11-4-1-5-17(23)21-16/h1,4-5,11,14-15H,2-3,6-10,12-13H2,(H2,20,22,24)/t15-/m0/s1. The Labute approximate surface area is 148 Å². The molecule has 1 aliphatic carbocycles. The first kappa shape index (κ1) is 16.4. The Morgan fingerprint density at radius 2 is 2.24 bits per heavy atom. The first-order valence-corrected chi connectivity index (χ1v) is 9.33. The van der Waals surface area contributed by atoms with Crippen molar-refractivity contribution in [3.05, 3.63) is 36.3 Å². The fourth-order valence-electron chi connectivity index (χ4n) is 4.17. The maximum Gasteiger partial charge on any atom is 0.315 e. The van der Waals surface area contributed by atoms with Crippen molar-refractivity contribution in [3.63, 3.8) is 0 Å². The number of pyridine rings is 1. The number of nitrogens with zero attached hydrogens (tertiary/aromatic N) is 2. The smallest absolute Gasteiger partial charge is 0.315 e. The molecule has 1 saturated heterocycles. The number of rotatable bonds is 4. The monoisotopic (exact) mass is 342 g/mol. The van der Waals surface area contributed by atoms with Gasteiger partial charge in [-0.25, -0.2) is 9.78 Å². The molecule has 4 rings (SSSR count). The molecule has 2 aromatic heterocycles. The minimum absolute atomic E-state index is 0.0345. The van der Waals surface area contributed by atoms with E-state index in [0.29, 0.717) is 6.54 Å². The van der Waals surface area contributed by atoms with Crippen LogP contribution in [0, 0.1) is 0 Å². The predicted molar refractivity (Wildman–Crippen MR) is 95.6 cm³/mol. The molecule has 2 aromatic rings. The lowest BCUT2D eigenvalue weighted by Gasteiger charge is -2.38. The van der Waals surface area contributed by atoms with Gasteiger partial charge in [-0.3, -0.25) is 0 Å². The molecule has 0 aromatic carbocycles.